The first kappa shape index (κ1) is 7.69. The second kappa shape index (κ2) is 4.84. The van der Waals surface area contributed by atoms with Crippen LogP contribution in [-0.2, 0) is 0 Å². The van der Waals surface area contributed by atoms with Gasteiger partial charge in [0.15, 0.2) is 0 Å². The van der Waals surface area contributed by atoms with Crippen molar-refractivity contribution in [2.24, 2.45) is 0 Å². The first-order valence-electron chi connectivity index (χ1n) is 2.59. The molecular formula is C5H11IO. The standard InChI is InChI=1S/C5H11IO/c1-2-3-4-5(6)7/h5,7H,2-4H2,1H3. The fraction of sp³-hybridized carbons (Fsp3) is 1.00. The number of alkyl halides is 1. The zero-order valence-corrected chi connectivity index (χ0v) is 6.68. The smallest absolute Gasteiger partial charge is 0.105 e. The highest BCUT2D eigenvalue weighted by atomic mass is 127. The Kier molecular flexibility index (Phi) is 5.32. The van der Waals surface area contributed by atoms with E-state index in [0.717, 1.165) is 12.8 Å². The molecule has 0 heterocycles. The molecule has 0 spiro atoms. The summed E-state index contributed by atoms with van der Waals surface area (Å²) in [5.41, 5.74) is 0. The Labute approximate surface area is 58.3 Å². The number of hydrogen-bond acceptors (Lipinski definition) is 1. The van der Waals surface area contributed by atoms with Crippen LogP contribution < -0.4 is 0 Å². The quantitative estimate of drug-likeness (QED) is 0.562. The first-order valence-corrected chi connectivity index (χ1v) is 3.84. The molecule has 2 heteroatoms. The topological polar surface area (TPSA) is 20.2 Å². The fourth-order valence-corrected chi connectivity index (χ4v) is 0.813. The van der Waals surface area contributed by atoms with E-state index >= 15 is 0 Å². The average Bonchev–Trinajstić information content (AvgIpc) is 1.61. The van der Waals surface area contributed by atoms with Gasteiger partial charge < -0.3 is 5.11 Å². The summed E-state index contributed by atoms with van der Waals surface area (Å²) in [6.45, 7) is 2.12. The number of aliphatic hydroxyl groups is 1. The summed E-state index contributed by atoms with van der Waals surface area (Å²) in [4.78, 5) is 0. The second-order valence-corrected chi connectivity index (χ2v) is 3.01. The maximum Gasteiger partial charge on any atom is 0.105 e. The molecule has 0 aromatic carbocycles. The second-order valence-electron chi connectivity index (χ2n) is 1.58. The van der Waals surface area contributed by atoms with E-state index in [1.54, 1.807) is 0 Å². The number of aliphatic hydroxyl groups excluding tert-OH is 1. The molecule has 0 bridgehead atoms. The van der Waals surface area contributed by atoms with Gasteiger partial charge in [-0.2, -0.15) is 0 Å². The van der Waals surface area contributed by atoms with Crippen molar-refractivity contribution in [1.82, 2.24) is 0 Å². The summed E-state index contributed by atoms with van der Waals surface area (Å²) in [5.74, 6) is 0. The van der Waals surface area contributed by atoms with Crippen molar-refractivity contribution in [2.45, 2.75) is 30.3 Å². The van der Waals surface area contributed by atoms with Crippen molar-refractivity contribution in [3.8, 4) is 0 Å². The molecule has 7 heavy (non-hydrogen) atoms. The van der Waals surface area contributed by atoms with E-state index < -0.39 is 0 Å². The maximum absolute atomic E-state index is 8.67. The van der Waals surface area contributed by atoms with E-state index in [9.17, 15) is 0 Å². The Bertz CT molecular complexity index is 37.1. The van der Waals surface area contributed by atoms with Gasteiger partial charge in [-0.25, -0.2) is 0 Å². The summed E-state index contributed by atoms with van der Waals surface area (Å²) < 4.78 is -0.127. The van der Waals surface area contributed by atoms with Gasteiger partial charge in [-0.3, -0.25) is 0 Å². The minimum atomic E-state index is -0.127. The Hall–Kier alpha value is 0.690. The predicted octanol–water partition coefficient (Wildman–Crippen LogP) is 1.93. The van der Waals surface area contributed by atoms with Gasteiger partial charge in [0.05, 0.1) is 0 Å². The molecule has 0 saturated heterocycles. The van der Waals surface area contributed by atoms with E-state index in [1.165, 1.54) is 6.42 Å². The molecule has 0 aliphatic rings. The lowest BCUT2D eigenvalue weighted by atomic mass is 10.3. The van der Waals surface area contributed by atoms with Crippen LogP contribution in [0.3, 0.4) is 0 Å². The van der Waals surface area contributed by atoms with Crippen LogP contribution in [0.15, 0.2) is 0 Å². The molecule has 0 aliphatic carbocycles. The average molecular weight is 214 g/mol. The van der Waals surface area contributed by atoms with Crippen molar-refractivity contribution in [3.05, 3.63) is 0 Å². The minimum absolute atomic E-state index is 0.127. The molecule has 0 rings (SSSR count). The fourth-order valence-electron chi connectivity index (χ4n) is 0.373. The van der Waals surface area contributed by atoms with Crippen molar-refractivity contribution in [3.63, 3.8) is 0 Å². The lowest BCUT2D eigenvalue weighted by Crippen LogP contribution is -1.91. The van der Waals surface area contributed by atoms with Crippen molar-refractivity contribution < 1.29 is 5.11 Å². The highest BCUT2D eigenvalue weighted by Crippen LogP contribution is 2.05. The number of rotatable bonds is 3. The van der Waals surface area contributed by atoms with Gasteiger partial charge in [0.2, 0.25) is 0 Å². The highest BCUT2D eigenvalue weighted by Gasteiger charge is 1.92. The van der Waals surface area contributed by atoms with E-state index in [4.69, 9.17) is 5.11 Å². The molecule has 1 atom stereocenters. The minimum Gasteiger partial charge on any atom is -0.383 e. The molecule has 0 aliphatic heterocycles. The molecule has 1 unspecified atom stereocenters. The van der Waals surface area contributed by atoms with Gasteiger partial charge in [0, 0.05) is 0 Å². The van der Waals surface area contributed by atoms with E-state index in [0.29, 0.717) is 0 Å². The van der Waals surface area contributed by atoms with Crippen LogP contribution in [0.5, 0.6) is 0 Å². The Morgan fingerprint density at radius 1 is 1.71 bits per heavy atom. The monoisotopic (exact) mass is 214 g/mol. The molecule has 1 N–H and O–H groups in total. The normalized spacial score (nSPS) is 14.1. The zero-order chi connectivity index (χ0) is 5.70. The molecule has 0 aromatic rings. The maximum atomic E-state index is 8.67. The van der Waals surface area contributed by atoms with Crippen LogP contribution >= 0.6 is 22.6 Å². The lowest BCUT2D eigenvalue weighted by molar-refractivity contribution is 0.264. The molecule has 0 aromatic heterocycles. The van der Waals surface area contributed by atoms with E-state index in [-0.39, 0.29) is 4.11 Å². The zero-order valence-electron chi connectivity index (χ0n) is 4.52. The third-order valence-electron chi connectivity index (χ3n) is 0.796. The van der Waals surface area contributed by atoms with Crippen LogP contribution in [0.4, 0.5) is 0 Å². The van der Waals surface area contributed by atoms with Crippen LogP contribution in [0.2, 0.25) is 0 Å². The third kappa shape index (κ3) is 6.69. The molecule has 1 nitrogen and oxygen atoms in total. The number of unbranched alkanes of at least 4 members (excludes halogenated alkanes) is 1. The van der Waals surface area contributed by atoms with Gasteiger partial charge >= 0.3 is 0 Å². The largest absolute Gasteiger partial charge is 0.383 e. The van der Waals surface area contributed by atoms with Crippen LogP contribution in [0, 0.1) is 0 Å². The summed E-state index contributed by atoms with van der Waals surface area (Å²) in [6.07, 6.45) is 3.27. The van der Waals surface area contributed by atoms with Crippen LogP contribution in [0.1, 0.15) is 26.2 Å². The van der Waals surface area contributed by atoms with Crippen molar-refractivity contribution >= 4 is 22.6 Å². The van der Waals surface area contributed by atoms with Crippen molar-refractivity contribution in [2.75, 3.05) is 0 Å². The summed E-state index contributed by atoms with van der Waals surface area (Å²) >= 11 is 2.02. The number of halogens is 1. The van der Waals surface area contributed by atoms with Gasteiger partial charge in [0.25, 0.3) is 0 Å². The SMILES string of the molecule is CCCCC(O)I. The van der Waals surface area contributed by atoms with Crippen LogP contribution in [-0.4, -0.2) is 9.22 Å². The van der Waals surface area contributed by atoms with E-state index in [2.05, 4.69) is 6.92 Å². The molecular weight excluding hydrogens is 203 g/mol. The summed E-state index contributed by atoms with van der Waals surface area (Å²) in [5, 5.41) is 8.67. The van der Waals surface area contributed by atoms with Crippen LogP contribution in [0.25, 0.3) is 0 Å². The Morgan fingerprint density at radius 3 is 2.43 bits per heavy atom. The molecule has 0 amide bonds. The predicted molar refractivity (Wildman–Crippen MR) is 39.6 cm³/mol. The van der Waals surface area contributed by atoms with Gasteiger partial charge in [-0.1, -0.05) is 42.4 Å². The van der Waals surface area contributed by atoms with E-state index in [1.807, 2.05) is 22.6 Å². The van der Waals surface area contributed by atoms with Gasteiger partial charge in [-0.05, 0) is 6.42 Å². The third-order valence-corrected chi connectivity index (χ3v) is 1.42. The Morgan fingerprint density at radius 2 is 2.29 bits per heavy atom. The molecule has 44 valence electrons. The first-order chi connectivity index (χ1) is 3.27. The number of hydrogen-bond donors (Lipinski definition) is 1. The molecule has 0 fully saturated rings. The van der Waals surface area contributed by atoms with Gasteiger partial charge in [0.1, 0.15) is 4.11 Å². The highest BCUT2D eigenvalue weighted by molar-refractivity contribution is 14.1. The molecule has 0 saturated carbocycles. The summed E-state index contributed by atoms with van der Waals surface area (Å²) in [7, 11) is 0. The van der Waals surface area contributed by atoms with Crippen molar-refractivity contribution in [1.29, 1.82) is 0 Å². The Balaban J connectivity index is 2.68. The molecule has 0 radical (unpaired) electrons. The lowest BCUT2D eigenvalue weighted by Gasteiger charge is -1.96. The van der Waals surface area contributed by atoms with Gasteiger partial charge in [-0.15, -0.1) is 0 Å². The summed E-state index contributed by atoms with van der Waals surface area (Å²) in [6, 6.07) is 0.